The Kier molecular flexibility index (Phi) is 4.83. The average Bonchev–Trinajstić information content (AvgIpc) is 3.40. The molecule has 1 aromatic heterocycles. The van der Waals surface area contributed by atoms with Crippen molar-refractivity contribution in [3.8, 4) is 0 Å². The van der Waals surface area contributed by atoms with Crippen molar-refractivity contribution in [1.82, 2.24) is 15.2 Å². The van der Waals surface area contributed by atoms with Gasteiger partial charge < -0.3 is 10.3 Å². The van der Waals surface area contributed by atoms with Crippen LogP contribution in [0.1, 0.15) is 57.4 Å². The minimum absolute atomic E-state index is 0.165. The number of aromatic nitrogens is 1. The molecule has 1 aliphatic carbocycles. The second-order valence-corrected chi connectivity index (χ2v) is 7.51. The molecule has 25 heavy (non-hydrogen) atoms. The number of halogens is 1. The van der Waals surface area contributed by atoms with Gasteiger partial charge in [0.1, 0.15) is 5.82 Å². The Morgan fingerprint density at radius 3 is 2.72 bits per heavy atom. The van der Waals surface area contributed by atoms with Crippen molar-refractivity contribution >= 4 is 10.9 Å². The van der Waals surface area contributed by atoms with Gasteiger partial charge in [-0.1, -0.05) is 26.7 Å². The molecular formula is C21H30FN3. The van der Waals surface area contributed by atoms with E-state index >= 15 is 0 Å². The smallest absolute Gasteiger partial charge is 0.125 e. The molecule has 5 rings (SSSR count). The van der Waals surface area contributed by atoms with Crippen molar-refractivity contribution in [1.29, 1.82) is 0 Å². The second kappa shape index (κ2) is 7.08. The van der Waals surface area contributed by atoms with Gasteiger partial charge in [-0.3, -0.25) is 4.90 Å². The monoisotopic (exact) mass is 343 g/mol. The van der Waals surface area contributed by atoms with E-state index in [0.29, 0.717) is 18.0 Å². The summed E-state index contributed by atoms with van der Waals surface area (Å²) < 4.78 is 13.5. The lowest BCUT2D eigenvalue weighted by atomic mass is 9.92. The first-order chi connectivity index (χ1) is 12.3. The normalized spacial score (nSPS) is 29.8. The molecule has 3 nitrogen and oxygen atoms in total. The number of likely N-dealkylation sites (tertiary alicyclic amines) is 1. The molecule has 3 heterocycles. The highest BCUT2D eigenvalue weighted by molar-refractivity contribution is 5.84. The van der Waals surface area contributed by atoms with Gasteiger partial charge in [0.25, 0.3) is 0 Å². The van der Waals surface area contributed by atoms with Crippen LogP contribution in [-0.2, 0) is 0 Å². The molecule has 3 fully saturated rings. The molecule has 0 spiro atoms. The number of fused-ring (bicyclic) bond motifs is 2. The molecule has 3 aliphatic rings. The SMILES string of the molecule is CC.Fc1ccc2c(C3CN(C4CCCC4)[C@@H]4CCN[C@H]34)c[nH]c2c1. The Balaban J connectivity index is 0.000000758. The first kappa shape index (κ1) is 17.0. The molecule has 1 aromatic carbocycles. The van der Waals surface area contributed by atoms with Crippen LogP contribution in [0.25, 0.3) is 10.9 Å². The maximum atomic E-state index is 13.5. The summed E-state index contributed by atoms with van der Waals surface area (Å²) in [4.78, 5) is 6.08. The summed E-state index contributed by atoms with van der Waals surface area (Å²) in [7, 11) is 0. The van der Waals surface area contributed by atoms with E-state index in [1.54, 1.807) is 12.1 Å². The highest BCUT2D eigenvalue weighted by Crippen LogP contribution is 2.42. The third kappa shape index (κ3) is 2.89. The van der Waals surface area contributed by atoms with E-state index in [1.165, 1.54) is 43.1 Å². The minimum atomic E-state index is -0.165. The van der Waals surface area contributed by atoms with Crippen LogP contribution < -0.4 is 5.32 Å². The number of nitrogens with one attached hydrogen (secondary N) is 2. The summed E-state index contributed by atoms with van der Waals surface area (Å²) in [5.74, 6) is 0.351. The topological polar surface area (TPSA) is 31.1 Å². The number of nitrogens with zero attached hydrogens (tertiary/aromatic N) is 1. The maximum absolute atomic E-state index is 13.5. The summed E-state index contributed by atoms with van der Waals surface area (Å²) >= 11 is 0. The van der Waals surface area contributed by atoms with Gasteiger partial charge in [-0.25, -0.2) is 4.39 Å². The Bertz CT molecular complexity index is 719. The van der Waals surface area contributed by atoms with E-state index in [4.69, 9.17) is 0 Å². The molecule has 3 atom stereocenters. The van der Waals surface area contributed by atoms with E-state index in [-0.39, 0.29) is 5.82 Å². The molecule has 1 saturated carbocycles. The lowest BCUT2D eigenvalue weighted by molar-refractivity contribution is 0.180. The zero-order chi connectivity index (χ0) is 17.4. The summed E-state index contributed by atoms with van der Waals surface area (Å²) in [5.41, 5.74) is 2.29. The van der Waals surface area contributed by atoms with Crippen LogP contribution >= 0.6 is 0 Å². The Morgan fingerprint density at radius 2 is 1.92 bits per heavy atom. The van der Waals surface area contributed by atoms with Gasteiger partial charge in [0.2, 0.25) is 0 Å². The molecule has 2 N–H and O–H groups in total. The van der Waals surface area contributed by atoms with Crippen LogP contribution in [-0.4, -0.2) is 41.1 Å². The zero-order valence-corrected chi connectivity index (χ0v) is 15.4. The van der Waals surface area contributed by atoms with E-state index in [1.807, 2.05) is 19.9 Å². The summed E-state index contributed by atoms with van der Waals surface area (Å²) in [6.45, 7) is 6.28. The fourth-order valence-electron chi connectivity index (χ4n) is 5.35. The van der Waals surface area contributed by atoms with Crippen LogP contribution in [0.4, 0.5) is 4.39 Å². The lowest BCUT2D eigenvalue weighted by Gasteiger charge is -2.29. The van der Waals surface area contributed by atoms with Gasteiger partial charge in [0, 0.05) is 47.7 Å². The second-order valence-electron chi connectivity index (χ2n) is 7.51. The van der Waals surface area contributed by atoms with Gasteiger partial charge in [-0.2, -0.15) is 0 Å². The molecule has 2 saturated heterocycles. The van der Waals surface area contributed by atoms with Crippen molar-refractivity contribution in [3.05, 3.63) is 35.8 Å². The minimum Gasteiger partial charge on any atom is -0.361 e. The summed E-state index contributed by atoms with van der Waals surface area (Å²) in [5, 5.41) is 4.95. The van der Waals surface area contributed by atoms with Gasteiger partial charge in [0.15, 0.2) is 0 Å². The Morgan fingerprint density at radius 1 is 1.12 bits per heavy atom. The van der Waals surface area contributed by atoms with Gasteiger partial charge >= 0.3 is 0 Å². The number of hydrogen-bond acceptors (Lipinski definition) is 2. The standard InChI is InChI=1S/C19H24FN3.C2H6/c20-12-5-6-14-15(10-22-17(14)9-12)16-11-23(13-3-1-2-4-13)18-7-8-21-19(16)18;1-2/h5-6,9-10,13,16,18-19,21-22H,1-4,7-8,11H2;1-2H3/t16?,18-,19-;/m1./s1. The summed E-state index contributed by atoms with van der Waals surface area (Å²) in [6, 6.07) is 7.17. The molecular weight excluding hydrogens is 313 g/mol. The Labute approximate surface area is 150 Å². The van der Waals surface area contributed by atoms with E-state index in [2.05, 4.69) is 21.4 Å². The predicted octanol–water partition coefficient (Wildman–Crippen LogP) is 4.41. The molecule has 0 bridgehead atoms. The van der Waals surface area contributed by atoms with Crippen LogP contribution in [0.2, 0.25) is 0 Å². The predicted molar refractivity (Wildman–Crippen MR) is 102 cm³/mol. The average molecular weight is 343 g/mol. The van der Waals surface area contributed by atoms with Crippen LogP contribution in [0.3, 0.4) is 0 Å². The van der Waals surface area contributed by atoms with Gasteiger partial charge in [-0.05, 0) is 49.6 Å². The third-order valence-corrected chi connectivity index (χ3v) is 6.37. The fourth-order valence-corrected chi connectivity index (χ4v) is 5.35. The highest BCUT2D eigenvalue weighted by Gasteiger charge is 2.47. The first-order valence-corrected chi connectivity index (χ1v) is 10.1. The van der Waals surface area contributed by atoms with Crippen molar-refractivity contribution in [2.75, 3.05) is 13.1 Å². The first-order valence-electron chi connectivity index (χ1n) is 10.1. The zero-order valence-electron chi connectivity index (χ0n) is 15.4. The molecule has 2 aliphatic heterocycles. The number of hydrogen-bond donors (Lipinski definition) is 2. The van der Waals surface area contributed by atoms with Crippen LogP contribution in [0.5, 0.6) is 0 Å². The molecule has 0 radical (unpaired) electrons. The fraction of sp³-hybridized carbons (Fsp3) is 0.619. The molecule has 1 unspecified atom stereocenters. The molecule has 0 amide bonds. The van der Waals surface area contributed by atoms with Gasteiger partial charge in [0.05, 0.1) is 0 Å². The van der Waals surface area contributed by atoms with E-state index < -0.39 is 0 Å². The van der Waals surface area contributed by atoms with Crippen molar-refractivity contribution in [2.45, 2.75) is 70.0 Å². The number of benzene rings is 1. The van der Waals surface area contributed by atoms with Crippen molar-refractivity contribution < 1.29 is 4.39 Å². The van der Waals surface area contributed by atoms with E-state index in [0.717, 1.165) is 24.6 Å². The van der Waals surface area contributed by atoms with Crippen molar-refractivity contribution in [3.63, 3.8) is 0 Å². The quantitative estimate of drug-likeness (QED) is 0.846. The van der Waals surface area contributed by atoms with Gasteiger partial charge in [-0.15, -0.1) is 0 Å². The molecule has 136 valence electrons. The number of aromatic amines is 1. The largest absolute Gasteiger partial charge is 0.361 e. The highest BCUT2D eigenvalue weighted by atomic mass is 19.1. The van der Waals surface area contributed by atoms with E-state index in [9.17, 15) is 4.39 Å². The van der Waals surface area contributed by atoms with Crippen LogP contribution in [0, 0.1) is 5.82 Å². The third-order valence-electron chi connectivity index (χ3n) is 6.37. The lowest BCUT2D eigenvalue weighted by Crippen LogP contribution is -2.40. The summed E-state index contributed by atoms with van der Waals surface area (Å²) in [6.07, 6.45) is 8.91. The maximum Gasteiger partial charge on any atom is 0.125 e. The number of H-pyrrole nitrogens is 1. The molecule has 4 heteroatoms. The Hall–Kier alpha value is -1.39. The van der Waals surface area contributed by atoms with Crippen molar-refractivity contribution in [2.24, 2.45) is 0 Å². The number of rotatable bonds is 2. The van der Waals surface area contributed by atoms with Crippen LogP contribution in [0.15, 0.2) is 24.4 Å². The molecule has 2 aromatic rings.